The highest BCUT2D eigenvalue weighted by Crippen LogP contribution is 1.73. The number of hydrogen-bond acceptors (Lipinski definition) is 3. The number of rotatable bonds is 5. The zero-order chi connectivity index (χ0) is 7.82. The molecule has 0 aliphatic rings. The summed E-state index contributed by atoms with van der Waals surface area (Å²) in [5, 5.41) is 6.10. The van der Waals surface area contributed by atoms with Crippen molar-refractivity contribution in [1.29, 1.82) is 0 Å². The first-order valence-corrected chi connectivity index (χ1v) is 3.63. The molecule has 0 fully saturated rings. The normalized spacial score (nSPS) is 14.3. The molecule has 2 N–H and O–H groups in total. The highest BCUT2D eigenvalue weighted by Gasteiger charge is 1.87. The standard InChI is InChI=1S/C7H17N3/c1-7(9-3)6-10-5-4-8-2/h6-9H,4-5H2,1-3H3. The number of aliphatic imine (C=N–C) groups is 1. The number of hydrogen-bond donors (Lipinski definition) is 2. The van der Waals surface area contributed by atoms with E-state index in [9.17, 15) is 0 Å². The van der Waals surface area contributed by atoms with Gasteiger partial charge in [-0.2, -0.15) is 0 Å². The minimum absolute atomic E-state index is 0.386. The second-order valence-electron chi connectivity index (χ2n) is 2.24. The van der Waals surface area contributed by atoms with Gasteiger partial charge in [-0.3, -0.25) is 4.99 Å². The van der Waals surface area contributed by atoms with E-state index in [2.05, 4.69) is 22.5 Å². The average molecular weight is 143 g/mol. The average Bonchev–Trinajstić information content (AvgIpc) is 1.98. The lowest BCUT2D eigenvalue weighted by Crippen LogP contribution is -2.23. The van der Waals surface area contributed by atoms with E-state index < -0.39 is 0 Å². The van der Waals surface area contributed by atoms with E-state index in [1.165, 1.54) is 0 Å². The molecule has 0 rings (SSSR count). The Morgan fingerprint density at radius 1 is 1.50 bits per heavy atom. The minimum Gasteiger partial charge on any atom is -0.318 e. The maximum Gasteiger partial charge on any atom is 0.0510 e. The number of nitrogens with zero attached hydrogens (tertiary/aromatic N) is 1. The first-order valence-electron chi connectivity index (χ1n) is 3.63. The first kappa shape index (κ1) is 9.59. The van der Waals surface area contributed by atoms with E-state index in [0.29, 0.717) is 6.04 Å². The molecule has 0 radical (unpaired) electrons. The lowest BCUT2D eigenvalue weighted by Gasteiger charge is -2.00. The van der Waals surface area contributed by atoms with Crippen molar-refractivity contribution in [2.75, 3.05) is 27.2 Å². The molecule has 0 amide bonds. The Labute approximate surface area is 62.9 Å². The van der Waals surface area contributed by atoms with Gasteiger partial charge in [0.25, 0.3) is 0 Å². The lowest BCUT2D eigenvalue weighted by molar-refractivity contribution is 0.760. The van der Waals surface area contributed by atoms with Gasteiger partial charge in [-0.05, 0) is 21.0 Å². The van der Waals surface area contributed by atoms with E-state index in [-0.39, 0.29) is 0 Å². The van der Waals surface area contributed by atoms with Gasteiger partial charge in [0, 0.05) is 18.8 Å². The Bertz CT molecular complexity index is 90.9. The van der Waals surface area contributed by atoms with Crippen LogP contribution in [-0.2, 0) is 0 Å². The molecule has 0 aliphatic heterocycles. The molecule has 0 aromatic carbocycles. The van der Waals surface area contributed by atoms with E-state index >= 15 is 0 Å². The number of likely N-dealkylation sites (N-methyl/N-ethyl adjacent to an activating group) is 1. The van der Waals surface area contributed by atoms with Crippen LogP contribution in [0.15, 0.2) is 4.99 Å². The third-order valence-electron chi connectivity index (χ3n) is 1.28. The third kappa shape index (κ3) is 5.72. The van der Waals surface area contributed by atoms with Crippen molar-refractivity contribution in [3.63, 3.8) is 0 Å². The Morgan fingerprint density at radius 2 is 2.20 bits per heavy atom. The quantitative estimate of drug-likeness (QED) is 0.416. The van der Waals surface area contributed by atoms with Crippen molar-refractivity contribution >= 4 is 6.21 Å². The van der Waals surface area contributed by atoms with Crippen LogP contribution in [0, 0.1) is 0 Å². The van der Waals surface area contributed by atoms with Gasteiger partial charge in [0.05, 0.1) is 6.54 Å². The van der Waals surface area contributed by atoms with Crippen LogP contribution >= 0.6 is 0 Å². The van der Waals surface area contributed by atoms with E-state index in [1.807, 2.05) is 20.3 Å². The molecule has 0 aliphatic carbocycles. The van der Waals surface area contributed by atoms with Gasteiger partial charge >= 0.3 is 0 Å². The summed E-state index contributed by atoms with van der Waals surface area (Å²) in [6, 6.07) is 0.386. The molecule has 0 heterocycles. The van der Waals surface area contributed by atoms with E-state index in [1.54, 1.807) is 0 Å². The van der Waals surface area contributed by atoms with Crippen LogP contribution in [0.3, 0.4) is 0 Å². The zero-order valence-electron chi connectivity index (χ0n) is 7.02. The maximum atomic E-state index is 4.18. The van der Waals surface area contributed by atoms with E-state index in [4.69, 9.17) is 0 Å². The molecule has 0 aromatic rings. The van der Waals surface area contributed by atoms with Crippen LogP contribution in [-0.4, -0.2) is 39.4 Å². The molecule has 60 valence electrons. The van der Waals surface area contributed by atoms with Crippen LogP contribution in [0.2, 0.25) is 0 Å². The van der Waals surface area contributed by atoms with Gasteiger partial charge in [0.1, 0.15) is 0 Å². The Balaban J connectivity index is 3.18. The molecule has 3 nitrogen and oxygen atoms in total. The van der Waals surface area contributed by atoms with Crippen molar-refractivity contribution in [3.8, 4) is 0 Å². The van der Waals surface area contributed by atoms with E-state index in [0.717, 1.165) is 13.1 Å². The summed E-state index contributed by atoms with van der Waals surface area (Å²) in [5.74, 6) is 0. The zero-order valence-corrected chi connectivity index (χ0v) is 7.02. The van der Waals surface area contributed by atoms with Gasteiger partial charge in [-0.25, -0.2) is 0 Å². The monoisotopic (exact) mass is 143 g/mol. The van der Waals surface area contributed by atoms with Crippen molar-refractivity contribution in [2.24, 2.45) is 4.99 Å². The van der Waals surface area contributed by atoms with Gasteiger partial charge in [0.2, 0.25) is 0 Å². The summed E-state index contributed by atoms with van der Waals surface area (Å²) in [6.07, 6.45) is 1.93. The van der Waals surface area contributed by atoms with Gasteiger partial charge in [0.15, 0.2) is 0 Å². The summed E-state index contributed by atoms with van der Waals surface area (Å²) in [6.45, 7) is 3.89. The second kappa shape index (κ2) is 6.71. The van der Waals surface area contributed by atoms with Crippen LogP contribution in [0.4, 0.5) is 0 Å². The van der Waals surface area contributed by atoms with Crippen LogP contribution < -0.4 is 10.6 Å². The molecule has 0 saturated carbocycles. The summed E-state index contributed by atoms with van der Waals surface area (Å²) in [7, 11) is 3.85. The first-order chi connectivity index (χ1) is 4.81. The summed E-state index contributed by atoms with van der Waals surface area (Å²) in [5.41, 5.74) is 0. The summed E-state index contributed by atoms with van der Waals surface area (Å²) >= 11 is 0. The predicted molar refractivity (Wildman–Crippen MR) is 45.8 cm³/mol. The fraction of sp³-hybridized carbons (Fsp3) is 0.857. The Hall–Kier alpha value is -0.410. The van der Waals surface area contributed by atoms with Crippen LogP contribution in [0.5, 0.6) is 0 Å². The molecule has 0 bridgehead atoms. The van der Waals surface area contributed by atoms with Crippen molar-refractivity contribution in [3.05, 3.63) is 0 Å². The molecule has 3 heteroatoms. The predicted octanol–water partition coefficient (Wildman–Crippen LogP) is -0.115. The fourth-order valence-corrected chi connectivity index (χ4v) is 0.484. The minimum atomic E-state index is 0.386. The fourth-order valence-electron chi connectivity index (χ4n) is 0.484. The molecule has 0 spiro atoms. The largest absolute Gasteiger partial charge is 0.318 e. The molecule has 10 heavy (non-hydrogen) atoms. The van der Waals surface area contributed by atoms with Crippen molar-refractivity contribution < 1.29 is 0 Å². The summed E-state index contributed by atoms with van der Waals surface area (Å²) < 4.78 is 0. The SMILES string of the molecule is CNCCN=CC(C)NC. The maximum absolute atomic E-state index is 4.18. The van der Waals surface area contributed by atoms with Gasteiger partial charge in [-0.15, -0.1) is 0 Å². The lowest BCUT2D eigenvalue weighted by atomic mass is 10.4. The molecular weight excluding hydrogens is 126 g/mol. The van der Waals surface area contributed by atoms with Gasteiger partial charge < -0.3 is 10.6 Å². The van der Waals surface area contributed by atoms with Gasteiger partial charge in [-0.1, -0.05) is 0 Å². The molecule has 1 unspecified atom stereocenters. The second-order valence-corrected chi connectivity index (χ2v) is 2.24. The highest BCUT2D eigenvalue weighted by atomic mass is 14.9. The van der Waals surface area contributed by atoms with Crippen molar-refractivity contribution in [1.82, 2.24) is 10.6 Å². The number of nitrogens with one attached hydrogen (secondary N) is 2. The van der Waals surface area contributed by atoms with Crippen LogP contribution in [0.25, 0.3) is 0 Å². The smallest absolute Gasteiger partial charge is 0.0510 e. The Morgan fingerprint density at radius 3 is 2.70 bits per heavy atom. The molecular formula is C7H17N3. The van der Waals surface area contributed by atoms with Crippen molar-refractivity contribution in [2.45, 2.75) is 13.0 Å². The topological polar surface area (TPSA) is 36.4 Å². The molecule has 1 atom stereocenters. The molecule has 0 aromatic heterocycles. The Kier molecular flexibility index (Phi) is 6.43. The van der Waals surface area contributed by atoms with Crippen LogP contribution in [0.1, 0.15) is 6.92 Å². The third-order valence-corrected chi connectivity index (χ3v) is 1.28. The highest BCUT2D eigenvalue weighted by molar-refractivity contribution is 5.63. The summed E-state index contributed by atoms with van der Waals surface area (Å²) in [4.78, 5) is 4.18. The molecule has 0 saturated heterocycles.